The Morgan fingerprint density at radius 1 is 1.23 bits per heavy atom. The quantitative estimate of drug-likeness (QED) is 0.736. The molecule has 0 radical (unpaired) electrons. The summed E-state index contributed by atoms with van der Waals surface area (Å²) in [6.45, 7) is -1.37. The van der Waals surface area contributed by atoms with Crippen LogP contribution in [0.15, 0.2) is 46.7 Å². The van der Waals surface area contributed by atoms with Crippen molar-refractivity contribution in [2.75, 3.05) is 0 Å². The highest BCUT2D eigenvalue weighted by Crippen LogP contribution is 2.25. The van der Waals surface area contributed by atoms with Crippen molar-refractivity contribution in [3.05, 3.63) is 52.3 Å². The minimum Gasteiger partial charge on any atom is -0.477 e. The summed E-state index contributed by atoms with van der Waals surface area (Å²) in [5.41, 5.74) is -0.347. The van der Waals surface area contributed by atoms with Gasteiger partial charge in [0.1, 0.15) is 6.20 Å². The Bertz CT molecular complexity index is 885. The Balaban J connectivity index is 2.36. The van der Waals surface area contributed by atoms with Crippen LogP contribution in [0.25, 0.3) is 16.1 Å². The number of alkyl halides is 3. The van der Waals surface area contributed by atoms with Crippen molar-refractivity contribution in [1.29, 1.82) is 0 Å². The first-order chi connectivity index (χ1) is 10.4. The van der Waals surface area contributed by atoms with Crippen LogP contribution in [0, 0.1) is 0 Å². The lowest BCUT2D eigenvalue weighted by molar-refractivity contribution is -0.701. The Labute approximate surface area is 126 Å². The lowest BCUT2D eigenvalue weighted by Gasteiger charge is -2.09. The molecular weight excluding hydrogens is 317 g/mol. The standard InChI is InChI=1S/C14H9F3N2O2S/c15-14(16,17)8-19-12(21)10(9-4-2-1-3-5-9)11(20)18-6-7-22-13(18)19/h1-7H,8H2/p+1. The van der Waals surface area contributed by atoms with Crippen molar-refractivity contribution in [3.63, 3.8) is 0 Å². The molecular formula is C14H10F3N2O2S+. The highest BCUT2D eigenvalue weighted by molar-refractivity contribution is 7.14. The molecule has 0 spiro atoms. The van der Waals surface area contributed by atoms with Gasteiger partial charge in [-0.1, -0.05) is 41.7 Å². The summed E-state index contributed by atoms with van der Waals surface area (Å²) in [5.74, 6) is -0.684. The summed E-state index contributed by atoms with van der Waals surface area (Å²) in [7, 11) is 0. The minimum atomic E-state index is -4.52. The molecule has 0 atom stereocenters. The third kappa shape index (κ3) is 2.45. The van der Waals surface area contributed by atoms with E-state index in [0.717, 1.165) is 15.7 Å². The zero-order chi connectivity index (χ0) is 15.9. The van der Waals surface area contributed by atoms with Crippen LogP contribution in [-0.2, 0) is 6.54 Å². The number of nitrogens with zero attached hydrogens (tertiary/aromatic N) is 2. The highest BCUT2D eigenvalue weighted by Gasteiger charge is 2.36. The summed E-state index contributed by atoms with van der Waals surface area (Å²) >= 11 is 0.953. The zero-order valence-corrected chi connectivity index (χ0v) is 11.9. The molecule has 2 heterocycles. The van der Waals surface area contributed by atoms with Gasteiger partial charge >= 0.3 is 16.7 Å². The number of halogens is 3. The fraction of sp³-hybridized carbons (Fsp3) is 0.143. The Morgan fingerprint density at radius 3 is 2.55 bits per heavy atom. The van der Waals surface area contributed by atoms with Gasteiger partial charge in [-0.3, -0.25) is 0 Å². The van der Waals surface area contributed by atoms with E-state index in [2.05, 4.69) is 0 Å². The third-order valence-corrected chi connectivity index (χ3v) is 4.02. The molecule has 114 valence electrons. The first kappa shape index (κ1) is 14.6. The molecule has 0 saturated carbocycles. The van der Waals surface area contributed by atoms with Crippen LogP contribution >= 0.6 is 11.3 Å². The average Bonchev–Trinajstić information content (AvgIpc) is 2.93. The molecule has 0 aliphatic carbocycles. The van der Waals surface area contributed by atoms with E-state index in [0.29, 0.717) is 10.1 Å². The smallest absolute Gasteiger partial charge is 0.426 e. The van der Waals surface area contributed by atoms with Gasteiger partial charge < -0.3 is 5.11 Å². The Hall–Kier alpha value is -2.35. The van der Waals surface area contributed by atoms with Crippen LogP contribution in [0.2, 0.25) is 0 Å². The monoisotopic (exact) mass is 327 g/mol. The largest absolute Gasteiger partial charge is 0.477 e. The average molecular weight is 327 g/mol. The number of aromatic nitrogens is 2. The van der Waals surface area contributed by atoms with E-state index in [1.807, 2.05) is 0 Å². The van der Waals surface area contributed by atoms with Crippen LogP contribution in [0.3, 0.4) is 0 Å². The lowest BCUT2D eigenvalue weighted by atomic mass is 10.1. The number of benzene rings is 1. The SMILES string of the molecule is O=c1c(-c2ccccc2)c(O)[n+](CC(F)(F)F)c2sccn12. The third-order valence-electron chi connectivity index (χ3n) is 3.13. The van der Waals surface area contributed by atoms with Gasteiger partial charge in [-0.25, -0.2) is 4.79 Å². The van der Waals surface area contributed by atoms with Crippen molar-refractivity contribution in [2.45, 2.75) is 12.7 Å². The molecule has 2 aromatic heterocycles. The molecule has 1 aromatic carbocycles. The summed E-state index contributed by atoms with van der Waals surface area (Å²) < 4.78 is 40.1. The Kier molecular flexibility index (Phi) is 3.40. The van der Waals surface area contributed by atoms with Crippen LogP contribution in [0.5, 0.6) is 5.88 Å². The first-order valence-electron chi connectivity index (χ1n) is 6.25. The van der Waals surface area contributed by atoms with Crippen molar-refractivity contribution in [1.82, 2.24) is 4.40 Å². The molecule has 0 unspecified atom stereocenters. The number of fused-ring (bicyclic) bond motifs is 1. The molecule has 22 heavy (non-hydrogen) atoms. The minimum absolute atomic E-state index is 0.0273. The van der Waals surface area contributed by atoms with Gasteiger partial charge in [-0.2, -0.15) is 22.1 Å². The predicted molar refractivity (Wildman–Crippen MR) is 74.9 cm³/mol. The van der Waals surface area contributed by atoms with Crippen molar-refractivity contribution in [2.24, 2.45) is 0 Å². The van der Waals surface area contributed by atoms with E-state index >= 15 is 0 Å². The van der Waals surface area contributed by atoms with E-state index in [1.54, 1.807) is 30.3 Å². The van der Waals surface area contributed by atoms with E-state index in [-0.39, 0.29) is 10.5 Å². The summed E-state index contributed by atoms with van der Waals surface area (Å²) in [6, 6.07) is 8.13. The zero-order valence-electron chi connectivity index (χ0n) is 11.0. The second kappa shape index (κ2) is 5.13. The lowest BCUT2D eigenvalue weighted by Crippen LogP contribution is -2.45. The van der Waals surface area contributed by atoms with E-state index in [4.69, 9.17) is 0 Å². The van der Waals surface area contributed by atoms with E-state index in [1.165, 1.54) is 11.6 Å². The summed E-state index contributed by atoms with van der Waals surface area (Å²) in [6.07, 6.45) is -3.13. The topological polar surface area (TPSA) is 45.6 Å². The molecule has 0 saturated heterocycles. The fourth-order valence-electron chi connectivity index (χ4n) is 2.24. The second-order valence-electron chi connectivity index (χ2n) is 4.63. The molecule has 0 aliphatic heterocycles. The van der Waals surface area contributed by atoms with Gasteiger partial charge in [0.05, 0.1) is 0 Å². The maximum Gasteiger partial charge on any atom is 0.426 e. The van der Waals surface area contributed by atoms with Gasteiger partial charge in [-0.05, 0) is 5.56 Å². The number of aromatic hydroxyl groups is 1. The summed E-state index contributed by atoms with van der Waals surface area (Å²) in [5, 5.41) is 11.8. The number of thiazole rings is 1. The van der Waals surface area contributed by atoms with Crippen LogP contribution in [0.1, 0.15) is 0 Å². The van der Waals surface area contributed by atoms with Gasteiger partial charge in [0.2, 0.25) is 0 Å². The maximum absolute atomic E-state index is 12.8. The molecule has 8 heteroatoms. The molecule has 1 N–H and O–H groups in total. The molecule has 0 aliphatic rings. The maximum atomic E-state index is 12.8. The van der Waals surface area contributed by atoms with E-state index < -0.39 is 24.2 Å². The van der Waals surface area contributed by atoms with Crippen LogP contribution in [0.4, 0.5) is 13.2 Å². The highest BCUT2D eigenvalue weighted by atomic mass is 32.1. The molecule has 4 nitrogen and oxygen atoms in total. The number of rotatable bonds is 2. The Morgan fingerprint density at radius 2 is 1.91 bits per heavy atom. The van der Waals surface area contributed by atoms with Gasteiger partial charge in [-0.15, -0.1) is 0 Å². The molecule has 0 fully saturated rings. The van der Waals surface area contributed by atoms with Crippen molar-refractivity contribution >= 4 is 16.3 Å². The molecule has 3 rings (SSSR count). The van der Waals surface area contributed by atoms with E-state index in [9.17, 15) is 23.1 Å². The number of hydrogen-bond donors (Lipinski definition) is 1. The molecule has 0 bridgehead atoms. The first-order valence-corrected chi connectivity index (χ1v) is 7.13. The van der Waals surface area contributed by atoms with Crippen LogP contribution in [-0.4, -0.2) is 15.7 Å². The predicted octanol–water partition coefficient (Wildman–Crippen LogP) is 2.58. The summed E-state index contributed by atoms with van der Waals surface area (Å²) in [4.78, 5) is 12.5. The van der Waals surface area contributed by atoms with Crippen molar-refractivity contribution in [3.8, 4) is 17.0 Å². The normalized spacial score (nSPS) is 12.0. The van der Waals surface area contributed by atoms with Crippen molar-refractivity contribution < 1.29 is 22.8 Å². The van der Waals surface area contributed by atoms with Crippen LogP contribution < -0.4 is 10.1 Å². The number of hydrogen-bond acceptors (Lipinski definition) is 3. The van der Waals surface area contributed by atoms with Gasteiger partial charge in [0.15, 0.2) is 12.1 Å². The molecule has 0 amide bonds. The fourth-order valence-corrected chi connectivity index (χ4v) is 3.08. The van der Waals surface area contributed by atoms with Gasteiger partial charge in [0, 0.05) is 5.38 Å². The molecule has 3 aromatic rings. The van der Waals surface area contributed by atoms with Gasteiger partial charge in [0.25, 0.3) is 5.88 Å². The second-order valence-corrected chi connectivity index (χ2v) is 5.50.